The Morgan fingerprint density at radius 3 is 2.32 bits per heavy atom. The standard InChI is InChI=1S/C21H32ClNO12S2/c1-7(2)37(32,33)11-6-36-19(12(11)22)20(31)23-13-17(29)16(28)10(5-25)35-21(13)34-9-3-8(4-24)14(26)18(30)15(9)27/h6-10,13-18,21,24-30H,3-5H2,1-2H3,(H,23,31)/t8-,9?,10-,13-,14-,15+,16-,17-,18-,21+/m1/s1. The molecule has 2 aliphatic rings. The van der Waals surface area contributed by atoms with Crippen LogP contribution in [0.25, 0.3) is 0 Å². The van der Waals surface area contributed by atoms with Crippen molar-refractivity contribution in [2.24, 2.45) is 5.92 Å². The molecule has 0 radical (unpaired) electrons. The van der Waals surface area contributed by atoms with E-state index < -0.39 is 95.2 Å². The molecular formula is C21H32ClNO12S2. The minimum atomic E-state index is -3.80. The van der Waals surface area contributed by atoms with Crippen LogP contribution in [0.1, 0.15) is 29.9 Å². The second-order valence-corrected chi connectivity index (χ2v) is 13.1. The van der Waals surface area contributed by atoms with Gasteiger partial charge in [-0.3, -0.25) is 4.79 Å². The Kier molecular flexibility index (Phi) is 9.97. The Bertz CT molecular complexity index is 1050. The van der Waals surface area contributed by atoms with E-state index in [9.17, 15) is 49.0 Å². The summed E-state index contributed by atoms with van der Waals surface area (Å²) in [6, 6.07) is -1.50. The number of nitrogens with one attached hydrogen (secondary N) is 1. The average molecular weight is 590 g/mol. The van der Waals surface area contributed by atoms with Gasteiger partial charge in [0.2, 0.25) is 0 Å². The molecule has 1 aliphatic heterocycles. The molecule has 3 rings (SSSR count). The minimum Gasteiger partial charge on any atom is -0.396 e. The smallest absolute Gasteiger partial charge is 0.263 e. The molecule has 2 fully saturated rings. The van der Waals surface area contributed by atoms with Crippen LogP contribution in [-0.2, 0) is 19.3 Å². The van der Waals surface area contributed by atoms with Crippen molar-refractivity contribution in [3.05, 3.63) is 15.3 Å². The van der Waals surface area contributed by atoms with Crippen LogP contribution < -0.4 is 5.32 Å². The number of halogens is 1. The normalized spacial score (nSPS) is 37.1. The van der Waals surface area contributed by atoms with E-state index in [0.29, 0.717) is 0 Å². The number of aliphatic hydroxyl groups excluding tert-OH is 7. The van der Waals surface area contributed by atoms with Gasteiger partial charge < -0.3 is 50.5 Å². The van der Waals surface area contributed by atoms with E-state index in [1.807, 2.05) is 0 Å². The number of ether oxygens (including phenoxy) is 2. The summed E-state index contributed by atoms with van der Waals surface area (Å²) < 4.78 is 36.3. The molecule has 1 saturated heterocycles. The predicted molar refractivity (Wildman–Crippen MR) is 129 cm³/mol. The monoisotopic (exact) mass is 589 g/mol. The molecule has 1 saturated carbocycles. The first-order valence-electron chi connectivity index (χ1n) is 11.5. The van der Waals surface area contributed by atoms with Gasteiger partial charge >= 0.3 is 0 Å². The Morgan fingerprint density at radius 1 is 1.11 bits per heavy atom. The molecule has 1 aromatic rings. The van der Waals surface area contributed by atoms with Crippen molar-refractivity contribution in [3.63, 3.8) is 0 Å². The minimum absolute atomic E-state index is 0.133. The number of rotatable bonds is 8. The zero-order valence-electron chi connectivity index (χ0n) is 19.9. The van der Waals surface area contributed by atoms with Gasteiger partial charge in [-0.25, -0.2) is 8.42 Å². The number of carbonyl (C=O) groups is 1. The van der Waals surface area contributed by atoms with Gasteiger partial charge in [0.15, 0.2) is 16.1 Å². The zero-order valence-corrected chi connectivity index (χ0v) is 22.3. The Balaban J connectivity index is 1.87. The molecule has 1 unspecified atom stereocenters. The highest BCUT2D eigenvalue weighted by molar-refractivity contribution is 7.92. The van der Waals surface area contributed by atoms with Gasteiger partial charge in [-0.1, -0.05) is 11.6 Å². The van der Waals surface area contributed by atoms with Crippen LogP contribution in [0, 0.1) is 5.92 Å². The van der Waals surface area contributed by atoms with Crippen LogP contribution in [0.15, 0.2) is 10.3 Å². The number of carbonyl (C=O) groups excluding carboxylic acids is 1. The summed E-state index contributed by atoms with van der Waals surface area (Å²) in [6.45, 7) is 1.64. The first kappa shape index (κ1) is 30.6. The van der Waals surface area contributed by atoms with E-state index in [0.717, 1.165) is 11.3 Å². The third kappa shape index (κ3) is 5.97. The molecule has 13 nitrogen and oxygen atoms in total. The number of amides is 1. The Morgan fingerprint density at radius 2 is 1.76 bits per heavy atom. The highest BCUT2D eigenvalue weighted by Crippen LogP contribution is 2.35. The number of thiophene rings is 1. The lowest BCUT2D eigenvalue weighted by atomic mass is 9.81. The largest absolute Gasteiger partial charge is 0.396 e. The molecule has 0 bridgehead atoms. The second kappa shape index (κ2) is 12.1. The lowest BCUT2D eigenvalue weighted by molar-refractivity contribution is -0.301. The van der Waals surface area contributed by atoms with Crippen LogP contribution in [-0.4, -0.2) is 124 Å². The van der Waals surface area contributed by atoms with Gasteiger partial charge in [-0.2, -0.15) is 0 Å². The molecular weight excluding hydrogens is 558 g/mol. The van der Waals surface area contributed by atoms with E-state index in [2.05, 4.69) is 5.32 Å². The van der Waals surface area contributed by atoms with Crippen molar-refractivity contribution in [1.82, 2.24) is 5.32 Å². The summed E-state index contributed by atoms with van der Waals surface area (Å²) in [5, 5.41) is 73.2. The summed E-state index contributed by atoms with van der Waals surface area (Å²) in [7, 11) is -3.80. The molecule has 0 spiro atoms. The van der Waals surface area contributed by atoms with Crippen molar-refractivity contribution >= 4 is 38.7 Å². The second-order valence-electron chi connectivity index (χ2n) is 9.37. The molecule has 10 atom stereocenters. The summed E-state index contributed by atoms with van der Waals surface area (Å²) in [5.74, 6) is -1.78. The number of hydrogen-bond acceptors (Lipinski definition) is 13. The Hall–Kier alpha value is -0.950. The van der Waals surface area contributed by atoms with Crippen LogP contribution >= 0.6 is 22.9 Å². The van der Waals surface area contributed by atoms with Crippen molar-refractivity contribution in [2.45, 2.75) is 85.5 Å². The third-order valence-corrected chi connectivity index (χ3v) is 10.6. The summed E-state index contributed by atoms with van der Waals surface area (Å²) >= 11 is 6.95. The van der Waals surface area contributed by atoms with Crippen LogP contribution in [0.4, 0.5) is 0 Å². The van der Waals surface area contributed by atoms with Crippen LogP contribution in [0.3, 0.4) is 0 Å². The predicted octanol–water partition coefficient (Wildman–Crippen LogP) is -2.40. The van der Waals surface area contributed by atoms with Crippen LogP contribution in [0.2, 0.25) is 5.02 Å². The molecule has 16 heteroatoms. The van der Waals surface area contributed by atoms with Gasteiger partial charge in [0, 0.05) is 17.9 Å². The lowest BCUT2D eigenvalue weighted by Crippen LogP contribution is -2.66. The molecule has 1 aliphatic carbocycles. The number of hydrogen-bond donors (Lipinski definition) is 8. The molecule has 37 heavy (non-hydrogen) atoms. The van der Waals surface area contributed by atoms with Crippen molar-refractivity contribution < 1.29 is 58.4 Å². The van der Waals surface area contributed by atoms with Crippen molar-refractivity contribution in [2.75, 3.05) is 13.2 Å². The fourth-order valence-electron chi connectivity index (χ4n) is 4.26. The molecule has 0 aromatic carbocycles. The van der Waals surface area contributed by atoms with E-state index in [4.69, 9.17) is 21.1 Å². The van der Waals surface area contributed by atoms with E-state index >= 15 is 0 Å². The van der Waals surface area contributed by atoms with E-state index in [1.165, 1.54) is 19.2 Å². The lowest BCUT2D eigenvalue weighted by Gasteiger charge is -2.46. The van der Waals surface area contributed by atoms with Crippen molar-refractivity contribution in [3.8, 4) is 0 Å². The first-order chi connectivity index (χ1) is 17.3. The maximum Gasteiger partial charge on any atom is 0.263 e. The SMILES string of the molecule is CC(C)S(=O)(=O)c1csc(C(=O)N[C@H]2[C@@H](OC3C[C@H](CO)[C@@H](O)[C@@H](O)[C@H]3O)O[C@H](CO)[C@@H](O)[C@@H]2O)c1Cl. The number of aliphatic hydroxyl groups is 7. The summed E-state index contributed by atoms with van der Waals surface area (Å²) in [4.78, 5) is 12.6. The van der Waals surface area contributed by atoms with Gasteiger partial charge in [0.1, 0.15) is 41.4 Å². The Labute approximate surface area is 222 Å². The maximum absolute atomic E-state index is 13.1. The summed E-state index contributed by atoms with van der Waals surface area (Å²) in [5.41, 5.74) is 0. The van der Waals surface area contributed by atoms with Gasteiger partial charge in [-0.05, 0) is 20.3 Å². The highest BCUT2D eigenvalue weighted by Gasteiger charge is 2.50. The fraction of sp³-hybridized carbons (Fsp3) is 0.762. The molecule has 1 amide bonds. The van der Waals surface area contributed by atoms with Gasteiger partial charge in [0.05, 0.1) is 34.0 Å². The molecule has 212 valence electrons. The van der Waals surface area contributed by atoms with Gasteiger partial charge in [-0.15, -0.1) is 11.3 Å². The first-order valence-corrected chi connectivity index (χ1v) is 14.3. The summed E-state index contributed by atoms with van der Waals surface area (Å²) in [6.07, 6.45) is -12.5. The average Bonchev–Trinajstić information content (AvgIpc) is 3.25. The van der Waals surface area contributed by atoms with Crippen molar-refractivity contribution in [1.29, 1.82) is 0 Å². The van der Waals surface area contributed by atoms with E-state index in [-0.39, 0.29) is 21.2 Å². The van der Waals surface area contributed by atoms with Gasteiger partial charge in [0.25, 0.3) is 5.91 Å². The molecule has 1 aromatic heterocycles. The zero-order chi connectivity index (χ0) is 27.8. The quantitative estimate of drug-likeness (QED) is 0.159. The van der Waals surface area contributed by atoms with E-state index in [1.54, 1.807) is 0 Å². The fourth-order valence-corrected chi connectivity index (χ4v) is 7.25. The van der Waals surface area contributed by atoms with Crippen LogP contribution in [0.5, 0.6) is 0 Å². The molecule has 8 N–H and O–H groups in total. The highest BCUT2D eigenvalue weighted by atomic mass is 35.5. The number of sulfone groups is 1. The topological polar surface area (TPSA) is 223 Å². The third-order valence-electron chi connectivity index (χ3n) is 6.65. The molecule has 2 heterocycles. The maximum atomic E-state index is 13.1.